The molecule has 0 aliphatic heterocycles. The first-order valence-electron chi connectivity index (χ1n) is 8.51. The van der Waals surface area contributed by atoms with Crippen LogP contribution >= 0.6 is 12.2 Å². The van der Waals surface area contributed by atoms with Crippen LogP contribution in [-0.2, 0) is 4.79 Å². The summed E-state index contributed by atoms with van der Waals surface area (Å²) < 4.78 is 0. The number of thiocarbonyl (C=S) groups is 1. The second-order valence-electron chi connectivity index (χ2n) is 5.52. The van der Waals surface area contributed by atoms with Crippen molar-refractivity contribution in [2.24, 2.45) is 0 Å². The summed E-state index contributed by atoms with van der Waals surface area (Å²) in [5, 5.41) is 5.88. The van der Waals surface area contributed by atoms with Crippen LogP contribution in [0.25, 0.3) is 0 Å². The van der Waals surface area contributed by atoms with E-state index in [0.717, 1.165) is 19.3 Å². The average molecular weight is 350 g/mol. The summed E-state index contributed by atoms with van der Waals surface area (Å²) in [7, 11) is 0. The highest BCUT2D eigenvalue weighted by Crippen LogP contribution is 2.13. The standard InChI is InChI=1S/C18H27N3O2S/c1-4-7-8-12-16(22)20-18(24)19-15-11-9-10-14(13-15)17(23)21(5-2)6-3/h9-11,13H,4-8,12H2,1-3H3,(H2,19,20,22,24). The van der Waals surface area contributed by atoms with Gasteiger partial charge in [-0.1, -0.05) is 25.8 Å². The molecule has 1 rings (SSSR count). The molecule has 5 nitrogen and oxygen atoms in total. The lowest BCUT2D eigenvalue weighted by atomic mass is 10.1. The van der Waals surface area contributed by atoms with E-state index in [1.165, 1.54) is 0 Å². The van der Waals surface area contributed by atoms with Gasteiger partial charge in [-0.15, -0.1) is 0 Å². The van der Waals surface area contributed by atoms with Crippen LogP contribution < -0.4 is 10.6 Å². The normalized spacial score (nSPS) is 10.1. The quantitative estimate of drug-likeness (QED) is 0.556. The fraction of sp³-hybridized carbons (Fsp3) is 0.500. The molecule has 132 valence electrons. The van der Waals surface area contributed by atoms with Crippen LogP contribution in [-0.4, -0.2) is 34.9 Å². The van der Waals surface area contributed by atoms with Gasteiger partial charge in [0.05, 0.1) is 0 Å². The van der Waals surface area contributed by atoms with Crippen LogP contribution in [0.2, 0.25) is 0 Å². The molecule has 0 atom stereocenters. The number of anilines is 1. The maximum atomic E-state index is 12.4. The highest BCUT2D eigenvalue weighted by molar-refractivity contribution is 7.80. The third-order valence-corrected chi connectivity index (χ3v) is 3.88. The number of nitrogens with zero attached hydrogens (tertiary/aromatic N) is 1. The zero-order valence-corrected chi connectivity index (χ0v) is 15.5. The summed E-state index contributed by atoms with van der Waals surface area (Å²) in [6.45, 7) is 7.33. The zero-order valence-electron chi connectivity index (χ0n) is 14.7. The Morgan fingerprint density at radius 1 is 1.12 bits per heavy atom. The van der Waals surface area contributed by atoms with E-state index in [-0.39, 0.29) is 16.9 Å². The summed E-state index contributed by atoms with van der Waals surface area (Å²) in [6, 6.07) is 7.13. The third-order valence-electron chi connectivity index (χ3n) is 3.68. The van der Waals surface area contributed by atoms with Crippen LogP contribution in [0.15, 0.2) is 24.3 Å². The smallest absolute Gasteiger partial charge is 0.253 e. The Balaban J connectivity index is 2.62. The van der Waals surface area contributed by atoms with E-state index < -0.39 is 0 Å². The summed E-state index contributed by atoms with van der Waals surface area (Å²) in [5.74, 6) is -0.102. The minimum atomic E-state index is -0.0867. The van der Waals surface area contributed by atoms with Crippen molar-refractivity contribution in [1.82, 2.24) is 10.2 Å². The van der Waals surface area contributed by atoms with Gasteiger partial charge in [0.15, 0.2) is 5.11 Å². The molecule has 24 heavy (non-hydrogen) atoms. The van der Waals surface area contributed by atoms with Crippen molar-refractivity contribution in [3.05, 3.63) is 29.8 Å². The van der Waals surface area contributed by atoms with Gasteiger partial charge >= 0.3 is 0 Å². The van der Waals surface area contributed by atoms with Crippen LogP contribution in [0.4, 0.5) is 5.69 Å². The summed E-state index contributed by atoms with van der Waals surface area (Å²) in [6.07, 6.45) is 3.43. The van der Waals surface area contributed by atoms with E-state index in [4.69, 9.17) is 12.2 Å². The number of amides is 2. The average Bonchev–Trinajstić information content (AvgIpc) is 2.56. The first-order valence-corrected chi connectivity index (χ1v) is 8.92. The number of benzene rings is 1. The molecule has 1 aromatic carbocycles. The summed E-state index contributed by atoms with van der Waals surface area (Å²) in [4.78, 5) is 25.9. The number of unbranched alkanes of at least 4 members (excludes halogenated alkanes) is 2. The molecule has 1 aromatic rings. The lowest BCUT2D eigenvalue weighted by Gasteiger charge is -2.19. The van der Waals surface area contributed by atoms with Crippen molar-refractivity contribution in [3.8, 4) is 0 Å². The molecule has 0 saturated heterocycles. The molecule has 0 aliphatic rings. The fourth-order valence-corrected chi connectivity index (χ4v) is 2.54. The maximum absolute atomic E-state index is 12.4. The Hall–Kier alpha value is -1.95. The lowest BCUT2D eigenvalue weighted by molar-refractivity contribution is -0.119. The van der Waals surface area contributed by atoms with E-state index in [1.807, 2.05) is 19.9 Å². The molecule has 0 fully saturated rings. The van der Waals surface area contributed by atoms with E-state index in [1.54, 1.807) is 23.1 Å². The summed E-state index contributed by atoms with van der Waals surface area (Å²) in [5.41, 5.74) is 1.28. The molecule has 0 aromatic heterocycles. The van der Waals surface area contributed by atoms with Crippen molar-refractivity contribution >= 4 is 34.8 Å². The molecule has 0 bridgehead atoms. The van der Waals surface area contributed by atoms with E-state index in [2.05, 4.69) is 17.6 Å². The number of nitrogens with one attached hydrogen (secondary N) is 2. The lowest BCUT2D eigenvalue weighted by Crippen LogP contribution is -2.34. The zero-order chi connectivity index (χ0) is 17.9. The molecule has 2 N–H and O–H groups in total. The number of carbonyl (C=O) groups is 2. The maximum Gasteiger partial charge on any atom is 0.253 e. The van der Waals surface area contributed by atoms with Gasteiger partial charge < -0.3 is 15.5 Å². The third kappa shape index (κ3) is 6.66. The highest BCUT2D eigenvalue weighted by Gasteiger charge is 2.13. The van der Waals surface area contributed by atoms with Crippen molar-refractivity contribution in [1.29, 1.82) is 0 Å². The van der Waals surface area contributed by atoms with Crippen molar-refractivity contribution in [3.63, 3.8) is 0 Å². The van der Waals surface area contributed by atoms with Gasteiger partial charge in [-0.3, -0.25) is 9.59 Å². The SMILES string of the molecule is CCCCCC(=O)NC(=S)Nc1cccc(C(=O)N(CC)CC)c1. The van der Waals surface area contributed by atoms with Crippen LogP contribution in [0, 0.1) is 0 Å². The largest absolute Gasteiger partial charge is 0.339 e. The van der Waals surface area contributed by atoms with E-state index in [0.29, 0.717) is 30.8 Å². The van der Waals surface area contributed by atoms with E-state index in [9.17, 15) is 9.59 Å². The molecule has 0 unspecified atom stereocenters. The molecular weight excluding hydrogens is 322 g/mol. The first kappa shape index (κ1) is 20.1. The fourth-order valence-electron chi connectivity index (χ4n) is 2.31. The van der Waals surface area contributed by atoms with Gasteiger partial charge in [0.1, 0.15) is 0 Å². The second-order valence-corrected chi connectivity index (χ2v) is 5.93. The van der Waals surface area contributed by atoms with Gasteiger partial charge in [0.25, 0.3) is 5.91 Å². The van der Waals surface area contributed by atoms with Gasteiger partial charge in [-0.25, -0.2) is 0 Å². The second kappa shape index (κ2) is 10.8. The number of rotatable bonds is 8. The minimum Gasteiger partial charge on any atom is -0.339 e. The first-order chi connectivity index (χ1) is 11.5. The molecule has 6 heteroatoms. The molecule has 0 heterocycles. The van der Waals surface area contributed by atoms with Crippen LogP contribution in [0.5, 0.6) is 0 Å². The Morgan fingerprint density at radius 2 is 1.83 bits per heavy atom. The Kier molecular flexibility index (Phi) is 9.01. The molecule has 0 saturated carbocycles. The topological polar surface area (TPSA) is 61.4 Å². The number of carbonyl (C=O) groups excluding carboxylic acids is 2. The van der Waals surface area contributed by atoms with Gasteiger partial charge in [-0.05, 0) is 50.7 Å². The predicted molar refractivity (Wildman–Crippen MR) is 102 cm³/mol. The van der Waals surface area contributed by atoms with Crippen molar-refractivity contribution < 1.29 is 9.59 Å². The molecule has 2 amide bonds. The molecule has 0 aliphatic carbocycles. The highest BCUT2D eigenvalue weighted by atomic mass is 32.1. The van der Waals surface area contributed by atoms with Gasteiger partial charge in [-0.2, -0.15) is 0 Å². The molecular formula is C18H27N3O2S. The Labute approximate surface area is 149 Å². The predicted octanol–water partition coefficient (Wildman–Crippen LogP) is 3.56. The molecule has 0 radical (unpaired) electrons. The Morgan fingerprint density at radius 3 is 2.46 bits per heavy atom. The Bertz CT molecular complexity index is 571. The van der Waals surface area contributed by atoms with Crippen molar-refractivity contribution in [2.45, 2.75) is 46.5 Å². The van der Waals surface area contributed by atoms with E-state index >= 15 is 0 Å². The number of hydrogen-bond acceptors (Lipinski definition) is 3. The minimum absolute atomic E-state index is 0.0156. The van der Waals surface area contributed by atoms with Crippen LogP contribution in [0.3, 0.4) is 0 Å². The summed E-state index contributed by atoms with van der Waals surface area (Å²) >= 11 is 5.16. The van der Waals surface area contributed by atoms with Gasteiger partial charge in [0, 0.05) is 30.8 Å². The monoisotopic (exact) mass is 349 g/mol. The van der Waals surface area contributed by atoms with Crippen LogP contribution in [0.1, 0.15) is 56.8 Å². The molecule has 0 spiro atoms. The number of hydrogen-bond donors (Lipinski definition) is 2. The van der Waals surface area contributed by atoms with Gasteiger partial charge in [0.2, 0.25) is 5.91 Å². The van der Waals surface area contributed by atoms with Crippen molar-refractivity contribution in [2.75, 3.05) is 18.4 Å².